The molecule has 1 aliphatic rings. The van der Waals surface area contributed by atoms with Crippen LogP contribution in [0, 0.1) is 5.92 Å². The Balaban J connectivity index is 1.71. The summed E-state index contributed by atoms with van der Waals surface area (Å²) < 4.78 is 0. The van der Waals surface area contributed by atoms with E-state index in [1.54, 1.807) is 43.5 Å². The van der Waals surface area contributed by atoms with Crippen LogP contribution in [0.15, 0.2) is 77.9 Å². The zero-order valence-electron chi connectivity index (χ0n) is 13.3. The maximum Gasteiger partial charge on any atom is 0.180 e. The average Bonchev–Trinajstić information content (AvgIpc) is 2.87. The molecule has 0 unspecified atom stereocenters. The summed E-state index contributed by atoms with van der Waals surface area (Å²) in [5.41, 5.74) is 2.61. The maximum absolute atomic E-state index is 12.4. The molecule has 3 rings (SSSR count). The molecule has 0 amide bonds. The fraction of sp³-hybridized carbons (Fsp3) is 0.0952. The van der Waals surface area contributed by atoms with Crippen LogP contribution in [0.4, 0.5) is 0 Å². The fourth-order valence-corrected chi connectivity index (χ4v) is 2.74. The zero-order valence-corrected chi connectivity index (χ0v) is 13.3. The number of fused-ring (bicyclic) bond motifs is 1. The Kier molecular flexibility index (Phi) is 4.62. The van der Waals surface area contributed by atoms with Crippen molar-refractivity contribution in [2.75, 3.05) is 0 Å². The van der Waals surface area contributed by atoms with Gasteiger partial charge >= 0.3 is 0 Å². The van der Waals surface area contributed by atoms with Gasteiger partial charge in [0.1, 0.15) is 5.92 Å². The van der Waals surface area contributed by atoms with Crippen molar-refractivity contribution >= 4 is 23.4 Å². The number of allylic oxidation sites excluding steroid dienone is 2. The van der Waals surface area contributed by atoms with Crippen molar-refractivity contribution in [3.05, 3.63) is 89.6 Å². The molecule has 0 saturated heterocycles. The topological polar surface area (TPSA) is 46.5 Å². The Morgan fingerprint density at radius 1 is 0.875 bits per heavy atom. The summed E-state index contributed by atoms with van der Waals surface area (Å²) >= 11 is 0. The molecule has 2 aromatic rings. The van der Waals surface area contributed by atoms with E-state index >= 15 is 0 Å². The van der Waals surface area contributed by atoms with Crippen molar-refractivity contribution in [3.8, 4) is 0 Å². The molecule has 1 aliphatic carbocycles. The minimum atomic E-state index is -0.787. The van der Waals surface area contributed by atoms with E-state index in [9.17, 15) is 9.59 Å². The van der Waals surface area contributed by atoms with Gasteiger partial charge in [-0.25, -0.2) is 0 Å². The first-order valence-corrected chi connectivity index (χ1v) is 7.78. The normalized spacial score (nSPS) is 15.6. The lowest BCUT2D eigenvalue weighted by Crippen LogP contribution is -2.23. The van der Waals surface area contributed by atoms with Gasteiger partial charge in [0.25, 0.3) is 0 Å². The van der Waals surface area contributed by atoms with Crippen LogP contribution in [0.2, 0.25) is 0 Å². The molecule has 0 atom stereocenters. The average molecular weight is 315 g/mol. The third-order valence-corrected chi connectivity index (χ3v) is 3.96. The summed E-state index contributed by atoms with van der Waals surface area (Å²) in [6.07, 6.45) is 7.23. The van der Waals surface area contributed by atoms with Gasteiger partial charge in [-0.05, 0) is 18.6 Å². The highest BCUT2D eigenvalue weighted by atomic mass is 16.2. The molecule has 3 nitrogen and oxygen atoms in total. The second-order valence-corrected chi connectivity index (χ2v) is 5.59. The first-order valence-electron chi connectivity index (χ1n) is 7.78. The number of Topliss-reactive ketones (excluding diaryl/α,β-unsaturated/α-hetero) is 2. The number of rotatable bonds is 4. The van der Waals surface area contributed by atoms with E-state index in [-0.39, 0.29) is 11.6 Å². The van der Waals surface area contributed by atoms with Crippen molar-refractivity contribution in [1.29, 1.82) is 0 Å². The molecule has 0 N–H and O–H groups in total. The summed E-state index contributed by atoms with van der Waals surface area (Å²) in [5, 5.41) is 0. The van der Waals surface area contributed by atoms with Crippen LogP contribution in [0.1, 0.15) is 33.2 Å². The molecule has 0 aliphatic heterocycles. The molecule has 24 heavy (non-hydrogen) atoms. The Morgan fingerprint density at radius 3 is 2.08 bits per heavy atom. The predicted molar refractivity (Wildman–Crippen MR) is 96.3 cm³/mol. The molecule has 3 heteroatoms. The molecule has 0 saturated carbocycles. The van der Waals surface area contributed by atoms with Gasteiger partial charge in [-0.15, -0.1) is 0 Å². The smallest absolute Gasteiger partial charge is 0.180 e. The number of carbonyl (C=O) groups is 2. The van der Waals surface area contributed by atoms with Crippen molar-refractivity contribution in [2.24, 2.45) is 10.9 Å². The van der Waals surface area contributed by atoms with Gasteiger partial charge in [0.05, 0.1) is 0 Å². The van der Waals surface area contributed by atoms with E-state index < -0.39 is 5.92 Å². The van der Waals surface area contributed by atoms with E-state index in [1.165, 1.54) is 0 Å². The first-order chi connectivity index (χ1) is 11.7. The van der Waals surface area contributed by atoms with Gasteiger partial charge in [0.15, 0.2) is 11.6 Å². The molecule has 0 aromatic heterocycles. The molecule has 0 radical (unpaired) electrons. The minimum Gasteiger partial charge on any atom is -0.293 e. The summed E-state index contributed by atoms with van der Waals surface area (Å²) in [7, 11) is 0. The van der Waals surface area contributed by atoms with Gasteiger partial charge in [-0.1, -0.05) is 66.7 Å². The van der Waals surface area contributed by atoms with Gasteiger partial charge < -0.3 is 0 Å². The minimum absolute atomic E-state index is 0.162. The van der Waals surface area contributed by atoms with Crippen molar-refractivity contribution in [3.63, 3.8) is 0 Å². The van der Waals surface area contributed by atoms with Gasteiger partial charge in [0.2, 0.25) is 0 Å². The molecular weight excluding hydrogens is 298 g/mol. The number of ketones is 2. The number of carbonyl (C=O) groups excluding carboxylic acids is 2. The van der Waals surface area contributed by atoms with E-state index in [4.69, 9.17) is 0 Å². The van der Waals surface area contributed by atoms with Crippen molar-refractivity contribution in [1.82, 2.24) is 0 Å². The number of nitrogens with zero attached hydrogens (tertiary/aromatic N) is 1. The highest BCUT2D eigenvalue weighted by Gasteiger charge is 2.39. The predicted octanol–water partition coefficient (Wildman–Crippen LogP) is 4.37. The zero-order chi connectivity index (χ0) is 16.9. The Labute approximate surface area is 141 Å². The van der Waals surface area contributed by atoms with Gasteiger partial charge in [-0.2, -0.15) is 0 Å². The quantitative estimate of drug-likeness (QED) is 0.478. The summed E-state index contributed by atoms with van der Waals surface area (Å²) in [5.74, 6) is -1.11. The highest BCUT2D eigenvalue weighted by molar-refractivity contribution is 6.36. The van der Waals surface area contributed by atoms with Crippen LogP contribution in [0.5, 0.6) is 0 Å². The lowest BCUT2D eigenvalue weighted by atomic mass is 9.99. The van der Waals surface area contributed by atoms with Crippen LogP contribution in [0.3, 0.4) is 0 Å². The summed E-state index contributed by atoms with van der Waals surface area (Å²) in [6.45, 7) is 1.72. The molecular formula is C21H17NO2. The second kappa shape index (κ2) is 7.01. The third-order valence-electron chi connectivity index (χ3n) is 3.96. The molecule has 0 heterocycles. The highest BCUT2D eigenvalue weighted by Crippen LogP contribution is 2.27. The van der Waals surface area contributed by atoms with E-state index in [2.05, 4.69) is 4.99 Å². The van der Waals surface area contributed by atoms with Crippen LogP contribution in [-0.2, 0) is 0 Å². The molecule has 2 aromatic carbocycles. The molecule has 0 fully saturated rings. The molecule has 0 spiro atoms. The first kappa shape index (κ1) is 15.8. The standard InChI is InChI=1S/C21H17NO2/c1-15(22-14-8-7-11-16-9-3-2-4-10-16)19-20(23)17-12-5-6-13-18(17)21(19)24/h2-14,19H,1H3/b11-7+,14-8+,22-15?. The van der Waals surface area contributed by atoms with E-state index in [0.717, 1.165) is 5.56 Å². The number of hydrogen-bond donors (Lipinski definition) is 0. The summed E-state index contributed by atoms with van der Waals surface area (Å²) in [6, 6.07) is 16.9. The Bertz CT molecular complexity index is 825. The monoisotopic (exact) mass is 315 g/mol. The second-order valence-electron chi connectivity index (χ2n) is 5.59. The SMILES string of the molecule is CC(=N/C=C/C=C/c1ccccc1)C1C(=O)c2ccccc2C1=O. The van der Waals surface area contributed by atoms with Crippen molar-refractivity contribution < 1.29 is 9.59 Å². The molecule has 118 valence electrons. The van der Waals surface area contributed by atoms with Crippen LogP contribution in [-0.4, -0.2) is 17.3 Å². The van der Waals surface area contributed by atoms with Crippen molar-refractivity contribution in [2.45, 2.75) is 6.92 Å². The number of hydrogen-bond acceptors (Lipinski definition) is 3. The van der Waals surface area contributed by atoms with E-state index in [0.29, 0.717) is 16.8 Å². The van der Waals surface area contributed by atoms with Gasteiger partial charge in [0, 0.05) is 23.0 Å². The number of aliphatic imine (C=N–C) groups is 1. The maximum atomic E-state index is 12.4. The van der Waals surface area contributed by atoms with E-state index in [1.807, 2.05) is 42.5 Å². The Morgan fingerprint density at radius 2 is 1.46 bits per heavy atom. The largest absolute Gasteiger partial charge is 0.293 e. The van der Waals surface area contributed by atoms with Crippen LogP contribution in [0.25, 0.3) is 6.08 Å². The summed E-state index contributed by atoms with van der Waals surface area (Å²) in [4.78, 5) is 29.0. The van der Waals surface area contributed by atoms with Crippen LogP contribution < -0.4 is 0 Å². The lowest BCUT2D eigenvalue weighted by Gasteiger charge is -2.04. The van der Waals surface area contributed by atoms with Gasteiger partial charge in [-0.3, -0.25) is 14.6 Å². The third kappa shape index (κ3) is 3.15. The van der Waals surface area contributed by atoms with Crippen LogP contribution >= 0.6 is 0 Å². The lowest BCUT2D eigenvalue weighted by molar-refractivity contribution is 0.0883. The Hall–Kier alpha value is -3.07. The fourth-order valence-electron chi connectivity index (χ4n) is 2.74. The molecule has 0 bridgehead atoms. The number of benzene rings is 2.